The van der Waals surface area contributed by atoms with Crippen molar-refractivity contribution in [3.05, 3.63) is 172 Å². The van der Waals surface area contributed by atoms with Gasteiger partial charge in [-0.1, -0.05) is 135 Å². The van der Waals surface area contributed by atoms with E-state index in [0.29, 0.717) is 0 Å². The topological polar surface area (TPSA) is 6.48 Å². The molecule has 2 aromatic carbocycles. The molecule has 2 heteroatoms. The smallest absolute Gasteiger partial charge is 0.0541 e. The first-order chi connectivity index (χ1) is 24.2. The van der Waals surface area contributed by atoms with Gasteiger partial charge in [0.05, 0.1) is 11.4 Å². The van der Waals surface area contributed by atoms with Gasteiger partial charge < -0.3 is 9.80 Å². The van der Waals surface area contributed by atoms with Gasteiger partial charge in [0.2, 0.25) is 0 Å². The highest BCUT2D eigenvalue weighted by Crippen LogP contribution is 2.59. The summed E-state index contributed by atoms with van der Waals surface area (Å²) in [5, 5.41) is 0. The fourth-order valence-electron chi connectivity index (χ4n) is 8.38. The summed E-state index contributed by atoms with van der Waals surface area (Å²) in [4.78, 5) is 5.02. The van der Waals surface area contributed by atoms with Crippen molar-refractivity contribution >= 4 is 17.1 Å². The van der Waals surface area contributed by atoms with Gasteiger partial charge in [-0.15, -0.1) is 0 Å². The van der Waals surface area contributed by atoms with Crippen molar-refractivity contribution in [2.24, 2.45) is 5.41 Å². The normalized spacial score (nSPS) is 19.0. The number of benzene rings is 2. The number of hydrogen-bond donors (Lipinski definition) is 0. The van der Waals surface area contributed by atoms with E-state index in [1.54, 1.807) is 0 Å². The summed E-state index contributed by atoms with van der Waals surface area (Å²) in [6.07, 6.45) is 25.5. The van der Waals surface area contributed by atoms with Crippen molar-refractivity contribution in [1.29, 1.82) is 0 Å². The molecular formula is C49H60N2. The summed E-state index contributed by atoms with van der Waals surface area (Å²) >= 11 is 0. The summed E-state index contributed by atoms with van der Waals surface area (Å²) in [6, 6.07) is 15.7. The molecule has 0 N–H and O–H groups in total. The van der Waals surface area contributed by atoms with Crippen molar-refractivity contribution in [2.45, 2.75) is 106 Å². The van der Waals surface area contributed by atoms with Crippen LogP contribution in [0.2, 0.25) is 0 Å². The summed E-state index contributed by atoms with van der Waals surface area (Å²) in [7, 11) is 0. The highest BCUT2D eigenvalue weighted by atomic mass is 15.2. The molecule has 0 aromatic heterocycles. The monoisotopic (exact) mass is 676 g/mol. The van der Waals surface area contributed by atoms with Gasteiger partial charge in [0.25, 0.3) is 0 Å². The third-order valence-corrected chi connectivity index (χ3v) is 10.9. The van der Waals surface area contributed by atoms with E-state index in [1.165, 1.54) is 56.2 Å². The second-order valence-corrected chi connectivity index (χ2v) is 16.0. The molecule has 0 amide bonds. The Bertz CT molecular complexity index is 1950. The van der Waals surface area contributed by atoms with Gasteiger partial charge in [-0.2, -0.15) is 0 Å². The molecule has 5 rings (SSSR count). The molecule has 2 heterocycles. The highest BCUT2D eigenvalue weighted by Gasteiger charge is 2.47. The summed E-state index contributed by atoms with van der Waals surface area (Å²) in [5.41, 5.74) is 15.4. The fraction of sp³-hybridized carbons (Fsp3) is 0.347. The van der Waals surface area contributed by atoms with Gasteiger partial charge >= 0.3 is 0 Å². The highest BCUT2D eigenvalue weighted by molar-refractivity contribution is 5.86. The van der Waals surface area contributed by atoms with Gasteiger partial charge in [-0.25, -0.2) is 0 Å². The molecule has 0 saturated heterocycles. The number of hydrogen-bond acceptors (Lipinski definition) is 2. The van der Waals surface area contributed by atoms with Crippen LogP contribution in [-0.4, -0.2) is 0 Å². The van der Waals surface area contributed by atoms with Crippen LogP contribution in [0, 0.1) is 5.41 Å². The Morgan fingerprint density at radius 2 is 1.57 bits per heavy atom. The lowest BCUT2D eigenvalue weighted by atomic mass is 9.64. The molecule has 0 bridgehead atoms. The third kappa shape index (κ3) is 6.66. The first-order valence-corrected chi connectivity index (χ1v) is 18.8. The van der Waals surface area contributed by atoms with E-state index in [1.807, 2.05) is 6.08 Å². The lowest BCUT2D eigenvalue weighted by Crippen LogP contribution is -2.44. The lowest BCUT2D eigenvalue weighted by Gasteiger charge is -2.52. The van der Waals surface area contributed by atoms with Crippen LogP contribution in [0.1, 0.15) is 107 Å². The molecule has 266 valence electrons. The Kier molecular flexibility index (Phi) is 10.8. The summed E-state index contributed by atoms with van der Waals surface area (Å²) in [5.74, 6) is 0. The van der Waals surface area contributed by atoms with E-state index >= 15 is 0 Å². The van der Waals surface area contributed by atoms with Gasteiger partial charge in [-0.05, 0) is 121 Å². The van der Waals surface area contributed by atoms with Crippen LogP contribution >= 0.6 is 0 Å². The number of nitrogens with zero attached hydrogens (tertiary/aromatic N) is 2. The molecule has 3 aliphatic rings. The first-order valence-electron chi connectivity index (χ1n) is 18.8. The predicted octanol–water partition coefficient (Wildman–Crippen LogP) is 14.2. The van der Waals surface area contributed by atoms with Crippen LogP contribution in [-0.2, 0) is 10.8 Å². The average molecular weight is 677 g/mol. The van der Waals surface area contributed by atoms with Crippen LogP contribution in [0.5, 0.6) is 0 Å². The first kappa shape index (κ1) is 37.7. The average Bonchev–Trinajstić information content (AvgIpc) is 3.09. The van der Waals surface area contributed by atoms with E-state index in [9.17, 15) is 0 Å². The molecule has 0 atom stereocenters. The molecule has 0 radical (unpaired) electrons. The van der Waals surface area contributed by atoms with Crippen LogP contribution in [0.25, 0.3) is 0 Å². The zero-order valence-electron chi connectivity index (χ0n) is 33.2. The zero-order valence-corrected chi connectivity index (χ0v) is 33.2. The second-order valence-electron chi connectivity index (χ2n) is 16.0. The molecule has 2 aliphatic heterocycles. The van der Waals surface area contributed by atoms with Crippen molar-refractivity contribution in [3.8, 4) is 0 Å². The van der Waals surface area contributed by atoms with Crippen molar-refractivity contribution in [1.82, 2.24) is 0 Å². The van der Waals surface area contributed by atoms with Gasteiger partial charge in [0.15, 0.2) is 0 Å². The Hall–Kier alpha value is -4.56. The standard InChI is InChI=1S/C49H60N2/c1-14-25-37(26-15-2)51(38-29-23-20-24-30-38)39-32-43-46-44(33-39)49(12,13)42(31-35(16-3)36-27-21-19-22-28-36)34(6)50(46)45(40(17-4)47(7,8)9)41(18-5)48(43,10)11/h14,16-18,20-21,23-33H,3,5,15,19,22H2,1-2,4,6-13H3/b25-14-,35-31+,37-26+,40-17+. The third-order valence-electron chi connectivity index (χ3n) is 10.9. The van der Waals surface area contributed by atoms with Crippen LogP contribution in [0.15, 0.2) is 161 Å². The minimum Gasteiger partial charge on any atom is -0.313 e. The quantitative estimate of drug-likeness (QED) is 0.231. The maximum absolute atomic E-state index is 4.49. The second kappa shape index (κ2) is 14.6. The molecule has 0 fully saturated rings. The Morgan fingerprint density at radius 3 is 2.08 bits per heavy atom. The maximum atomic E-state index is 4.49. The van der Waals surface area contributed by atoms with Crippen molar-refractivity contribution in [3.63, 3.8) is 0 Å². The van der Waals surface area contributed by atoms with Gasteiger partial charge in [0, 0.05) is 33.6 Å². The van der Waals surface area contributed by atoms with Crippen LogP contribution in [0.4, 0.5) is 17.1 Å². The Labute approximate surface area is 310 Å². The van der Waals surface area contributed by atoms with Crippen molar-refractivity contribution in [2.75, 3.05) is 9.80 Å². The number of anilines is 3. The zero-order chi connectivity index (χ0) is 37.3. The predicted molar refractivity (Wildman–Crippen MR) is 225 cm³/mol. The van der Waals surface area contributed by atoms with E-state index in [0.717, 1.165) is 36.2 Å². The number of allylic oxidation sites excluding steroid dienone is 16. The fourth-order valence-corrected chi connectivity index (χ4v) is 8.38. The molecule has 2 aromatic rings. The largest absolute Gasteiger partial charge is 0.313 e. The molecule has 2 nitrogen and oxygen atoms in total. The molecule has 0 saturated carbocycles. The molecule has 0 unspecified atom stereocenters. The number of rotatable bonds is 10. The minimum atomic E-state index is -0.323. The van der Waals surface area contributed by atoms with E-state index < -0.39 is 0 Å². The van der Waals surface area contributed by atoms with E-state index in [4.69, 9.17) is 0 Å². The van der Waals surface area contributed by atoms with Crippen LogP contribution < -0.4 is 9.80 Å². The Balaban J connectivity index is 1.97. The van der Waals surface area contributed by atoms with Gasteiger partial charge in [0.1, 0.15) is 0 Å². The molecule has 1 aliphatic carbocycles. The molecular weight excluding hydrogens is 617 g/mol. The summed E-state index contributed by atoms with van der Waals surface area (Å²) in [6.45, 7) is 34.2. The van der Waals surface area contributed by atoms with Crippen LogP contribution in [0.3, 0.4) is 0 Å². The Morgan fingerprint density at radius 1 is 0.922 bits per heavy atom. The molecule has 51 heavy (non-hydrogen) atoms. The minimum absolute atomic E-state index is 0.0876. The summed E-state index contributed by atoms with van der Waals surface area (Å²) < 4.78 is 0. The molecule has 0 spiro atoms. The van der Waals surface area contributed by atoms with Crippen molar-refractivity contribution < 1.29 is 0 Å². The maximum Gasteiger partial charge on any atom is 0.0541 e. The van der Waals surface area contributed by atoms with E-state index in [2.05, 4.69) is 196 Å². The lowest BCUT2D eigenvalue weighted by molar-refractivity contribution is 0.496. The number of para-hydroxylation sites is 1. The van der Waals surface area contributed by atoms with E-state index in [-0.39, 0.29) is 16.2 Å². The van der Waals surface area contributed by atoms with Gasteiger partial charge in [-0.3, -0.25) is 0 Å². The SMILES string of the molecule is C=CC1=C(/C(=C\C)C(C)(C)C)N2C(C)=C(/C=C(\C=C)C3=CCCC=C3)C(C)(C)c3cc(N(C(/C=C\C)=C/CC)c4ccccc4)cc(c32)C1(C)C.